The summed E-state index contributed by atoms with van der Waals surface area (Å²) in [6.45, 7) is 1.76. The number of rotatable bonds is 4. The van der Waals surface area contributed by atoms with E-state index in [9.17, 15) is 14.0 Å². The van der Waals surface area contributed by atoms with Crippen LogP contribution in [0, 0.1) is 12.7 Å². The molecular weight excluding hydrogens is 273 g/mol. The number of nitrogen functional groups attached to an aromatic ring is 1. The van der Waals surface area contributed by atoms with Crippen LogP contribution < -0.4 is 5.73 Å². The molecule has 2 aromatic rings. The van der Waals surface area contributed by atoms with Crippen molar-refractivity contribution in [1.82, 2.24) is 0 Å². The van der Waals surface area contributed by atoms with Crippen LogP contribution in [-0.4, -0.2) is 16.9 Å². The maximum Gasteiger partial charge on any atom is 0.307 e. The van der Waals surface area contributed by atoms with Crippen LogP contribution in [0.2, 0.25) is 0 Å². The van der Waals surface area contributed by atoms with Crippen LogP contribution in [0.25, 0.3) is 0 Å². The van der Waals surface area contributed by atoms with Gasteiger partial charge in [0.05, 0.1) is 6.42 Å². The monoisotopic (exact) mass is 287 g/mol. The van der Waals surface area contributed by atoms with Crippen molar-refractivity contribution < 1.29 is 19.1 Å². The number of carboxylic acids is 1. The van der Waals surface area contributed by atoms with E-state index in [2.05, 4.69) is 0 Å². The fourth-order valence-corrected chi connectivity index (χ4v) is 2.13. The molecule has 0 aliphatic carbocycles. The Kier molecular flexibility index (Phi) is 4.03. The summed E-state index contributed by atoms with van der Waals surface area (Å²) < 4.78 is 12.9. The summed E-state index contributed by atoms with van der Waals surface area (Å²) in [6.07, 6.45) is -0.253. The number of halogens is 1. The summed E-state index contributed by atoms with van der Waals surface area (Å²) in [5.74, 6) is -1.81. The summed E-state index contributed by atoms with van der Waals surface area (Å²) in [5.41, 5.74) is 7.73. The van der Waals surface area contributed by atoms with E-state index in [0.717, 1.165) is 5.56 Å². The zero-order valence-electron chi connectivity index (χ0n) is 11.4. The number of nitrogens with two attached hydrogens (primary N) is 1. The van der Waals surface area contributed by atoms with Gasteiger partial charge in [-0.2, -0.15) is 0 Å². The Balaban J connectivity index is 2.47. The molecule has 2 rings (SSSR count). The number of benzene rings is 2. The Morgan fingerprint density at radius 3 is 2.38 bits per heavy atom. The lowest BCUT2D eigenvalue weighted by Crippen LogP contribution is -2.11. The lowest BCUT2D eigenvalue weighted by molar-refractivity contribution is -0.136. The molecule has 0 aliphatic rings. The molecule has 4 nitrogen and oxygen atoms in total. The molecule has 0 amide bonds. The normalized spacial score (nSPS) is 10.4. The zero-order chi connectivity index (χ0) is 15.6. The molecule has 0 spiro atoms. The van der Waals surface area contributed by atoms with Crippen molar-refractivity contribution in [2.24, 2.45) is 0 Å². The first kappa shape index (κ1) is 14.7. The molecule has 0 radical (unpaired) electrons. The molecule has 0 heterocycles. The SMILES string of the molecule is Cc1cc(CC(=O)O)c(N)c(C(=O)c2ccc(F)cc2)c1. The van der Waals surface area contributed by atoms with Gasteiger partial charge in [0.1, 0.15) is 5.82 Å². The summed E-state index contributed by atoms with van der Waals surface area (Å²) in [6, 6.07) is 8.37. The van der Waals surface area contributed by atoms with Crippen molar-refractivity contribution in [2.75, 3.05) is 5.73 Å². The third-order valence-electron chi connectivity index (χ3n) is 3.10. The molecule has 5 heteroatoms. The minimum atomic E-state index is -1.02. The predicted molar refractivity (Wildman–Crippen MR) is 76.8 cm³/mol. The van der Waals surface area contributed by atoms with Gasteiger partial charge >= 0.3 is 5.97 Å². The zero-order valence-corrected chi connectivity index (χ0v) is 11.4. The molecule has 108 valence electrons. The fourth-order valence-electron chi connectivity index (χ4n) is 2.13. The van der Waals surface area contributed by atoms with Gasteiger partial charge in [-0.15, -0.1) is 0 Å². The van der Waals surface area contributed by atoms with E-state index in [0.29, 0.717) is 11.1 Å². The molecule has 0 saturated carbocycles. The Bertz CT molecular complexity index is 708. The van der Waals surface area contributed by atoms with Crippen LogP contribution in [0.1, 0.15) is 27.0 Å². The first-order valence-corrected chi connectivity index (χ1v) is 6.29. The number of hydrogen-bond acceptors (Lipinski definition) is 3. The molecule has 21 heavy (non-hydrogen) atoms. The highest BCUT2D eigenvalue weighted by atomic mass is 19.1. The van der Waals surface area contributed by atoms with Gasteiger partial charge in [0.2, 0.25) is 0 Å². The van der Waals surface area contributed by atoms with Gasteiger partial charge in [-0.25, -0.2) is 4.39 Å². The first-order chi connectivity index (χ1) is 9.88. The molecule has 0 aromatic heterocycles. The smallest absolute Gasteiger partial charge is 0.307 e. The number of hydrogen-bond donors (Lipinski definition) is 2. The Labute approximate surface area is 121 Å². The molecule has 0 atom stereocenters. The summed E-state index contributed by atoms with van der Waals surface area (Å²) in [4.78, 5) is 23.3. The van der Waals surface area contributed by atoms with Crippen molar-refractivity contribution in [3.05, 3.63) is 64.5 Å². The second-order valence-electron chi connectivity index (χ2n) is 4.79. The average Bonchev–Trinajstić information content (AvgIpc) is 2.42. The van der Waals surface area contributed by atoms with Crippen LogP contribution in [0.3, 0.4) is 0 Å². The number of anilines is 1. The lowest BCUT2D eigenvalue weighted by Gasteiger charge is -2.11. The van der Waals surface area contributed by atoms with Crippen molar-refractivity contribution >= 4 is 17.4 Å². The third-order valence-corrected chi connectivity index (χ3v) is 3.10. The number of carbonyl (C=O) groups excluding carboxylic acids is 1. The molecular formula is C16H14FNO3. The van der Waals surface area contributed by atoms with Gasteiger partial charge < -0.3 is 10.8 Å². The second-order valence-corrected chi connectivity index (χ2v) is 4.79. The van der Waals surface area contributed by atoms with E-state index in [4.69, 9.17) is 10.8 Å². The largest absolute Gasteiger partial charge is 0.481 e. The van der Waals surface area contributed by atoms with Gasteiger partial charge in [0.25, 0.3) is 0 Å². The molecule has 0 fully saturated rings. The fraction of sp³-hybridized carbons (Fsp3) is 0.125. The highest BCUT2D eigenvalue weighted by Crippen LogP contribution is 2.24. The van der Waals surface area contributed by atoms with Crippen molar-refractivity contribution in [3.63, 3.8) is 0 Å². The van der Waals surface area contributed by atoms with Crippen LogP contribution >= 0.6 is 0 Å². The van der Waals surface area contributed by atoms with E-state index in [1.165, 1.54) is 24.3 Å². The van der Waals surface area contributed by atoms with Crippen molar-refractivity contribution in [2.45, 2.75) is 13.3 Å². The number of carbonyl (C=O) groups is 2. The minimum Gasteiger partial charge on any atom is -0.481 e. The quantitative estimate of drug-likeness (QED) is 0.669. The van der Waals surface area contributed by atoms with Gasteiger partial charge in [0.15, 0.2) is 5.78 Å². The average molecular weight is 287 g/mol. The standard InChI is InChI=1S/C16H14FNO3/c1-9-6-11(8-14(19)20)15(18)13(7-9)16(21)10-2-4-12(17)5-3-10/h2-7H,8,18H2,1H3,(H,19,20). The van der Waals surface area contributed by atoms with Crippen LogP contribution in [-0.2, 0) is 11.2 Å². The topological polar surface area (TPSA) is 80.4 Å². The Hall–Kier alpha value is -2.69. The van der Waals surface area contributed by atoms with E-state index in [1.54, 1.807) is 19.1 Å². The Morgan fingerprint density at radius 1 is 1.19 bits per heavy atom. The molecule has 0 bridgehead atoms. The molecule has 3 N–H and O–H groups in total. The number of aliphatic carboxylic acids is 1. The van der Waals surface area contributed by atoms with Crippen LogP contribution in [0.4, 0.5) is 10.1 Å². The van der Waals surface area contributed by atoms with Gasteiger partial charge in [-0.1, -0.05) is 6.07 Å². The number of aryl methyl sites for hydroxylation is 1. The van der Waals surface area contributed by atoms with Gasteiger partial charge in [-0.3, -0.25) is 9.59 Å². The minimum absolute atomic E-state index is 0.150. The Morgan fingerprint density at radius 2 is 1.81 bits per heavy atom. The molecule has 0 aliphatic heterocycles. The second kappa shape index (κ2) is 5.75. The van der Waals surface area contributed by atoms with Gasteiger partial charge in [-0.05, 0) is 48.4 Å². The third kappa shape index (κ3) is 3.25. The van der Waals surface area contributed by atoms with Crippen molar-refractivity contribution in [1.29, 1.82) is 0 Å². The van der Waals surface area contributed by atoms with E-state index in [1.807, 2.05) is 0 Å². The molecule has 0 saturated heterocycles. The number of ketones is 1. The first-order valence-electron chi connectivity index (χ1n) is 6.29. The number of carboxylic acid groups (broad SMARTS) is 1. The molecule has 0 unspecified atom stereocenters. The summed E-state index contributed by atoms with van der Waals surface area (Å²) in [5, 5.41) is 8.88. The van der Waals surface area contributed by atoms with Crippen LogP contribution in [0.5, 0.6) is 0 Å². The van der Waals surface area contributed by atoms with E-state index < -0.39 is 11.8 Å². The highest BCUT2D eigenvalue weighted by Gasteiger charge is 2.17. The highest BCUT2D eigenvalue weighted by molar-refractivity contribution is 6.12. The van der Waals surface area contributed by atoms with Crippen molar-refractivity contribution in [3.8, 4) is 0 Å². The summed E-state index contributed by atoms with van der Waals surface area (Å²) >= 11 is 0. The predicted octanol–water partition coefficient (Wildman–Crippen LogP) is 2.57. The van der Waals surface area contributed by atoms with E-state index in [-0.39, 0.29) is 23.5 Å². The van der Waals surface area contributed by atoms with E-state index >= 15 is 0 Å². The maximum absolute atomic E-state index is 12.9. The van der Waals surface area contributed by atoms with Crippen LogP contribution in [0.15, 0.2) is 36.4 Å². The van der Waals surface area contributed by atoms with Gasteiger partial charge in [0, 0.05) is 16.8 Å². The molecule has 2 aromatic carbocycles. The maximum atomic E-state index is 12.9. The lowest BCUT2D eigenvalue weighted by atomic mass is 9.95. The summed E-state index contributed by atoms with van der Waals surface area (Å²) in [7, 11) is 0.